The number of sulfone groups is 1. The molecule has 0 radical (unpaired) electrons. The number of carbonyl (C=O) groups excluding carboxylic acids is 1. The number of hydrogen-bond donors (Lipinski definition) is 1. The van der Waals surface area contributed by atoms with Crippen LogP contribution in [0.3, 0.4) is 0 Å². The maximum Gasteiger partial charge on any atom is 0.244 e. The van der Waals surface area contributed by atoms with Crippen LogP contribution in [0.15, 0.2) is 87.5 Å². The molecule has 1 amide bonds. The van der Waals surface area contributed by atoms with Crippen molar-refractivity contribution in [3.63, 3.8) is 0 Å². The molecule has 0 aliphatic heterocycles. The van der Waals surface area contributed by atoms with E-state index in [1.807, 2.05) is 6.92 Å². The lowest BCUT2D eigenvalue weighted by molar-refractivity contribution is -0.116. The molecule has 0 saturated heterocycles. The summed E-state index contributed by atoms with van der Waals surface area (Å²) in [4.78, 5) is 25.8. The number of nitrogens with zero attached hydrogens (tertiary/aromatic N) is 1. The van der Waals surface area contributed by atoms with Gasteiger partial charge in [0.15, 0.2) is 0 Å². The minimum atomic E-state index is -4.15. The quantitative estimate of drug-likeness (QED) is 0.421. The first-order valence-electron chi connectivity index (χ1n) is 10.7. The number of amides is 1. The molecule has 0 fully saturated rings. The van der Waals surface area contributed by atoms with Gasteiger partial charge < -0.3 is 19.4 Å². The number of para-hydroxylation sites is 2. The third-order valence-electron chi connectivity index (χ3n) is 5.57. The monoisotopic (exact) mass is 492 g/mol. The van der Waals surface area contributed by atoms with E-state index in [4.69, 9.17) is 9.47 Å². The molecule has 0 spiro atoms. The Morgan fingerprint density at radius 2 is 1.69 bits per heavy atom. The topological polar surface area (TPSA) is 104 Å². The Morgan fingerprint density at radius 1 is 0.971 bits per heavy atom. The van der Waals surface area contributed by atoms with Crippen molar-refractivity contribution in [2.45, 2.75) is 23.3 Å². The van der Waals surface area contributed by atoms with Crippen molar-refractivity contribution in [2.75, 3.05) is 19.5 Å². The number of hydrogen-bond acceptors (Lipinski definition) is 6. The van der Waals surface area contributed by atoms with Gasteiger partial charge in [0.1, 0.15) is 22.9 Å². The number of fused-ring (bicyclic) bond motifs is 1. The predicted molar refractivity (Wildman–Crippen MR) is 133 cm³/mol. The first kappa shape index (κ1) is 24.0. The van der Waals surface area contributed by atoms with E-state index in [-0.39, 0.29) is 16.8 Å². The highest BCUT2D eigenvalue weighted by Gasteiger charge is 2.24. The van der Waals surface area contributed by atoms with E-state index < -0.39 is 26.1 Å². The fourth-order valence-corrected chi connectivity index (χ4v) is 5.10. The third kappa shape index (κ3) is 4.76. The molecule has 180 valence electrons. The summed E-state index contributed by atoms with van der Waals surface area (Å²) in [5.41, 5.74) is 1.09. The molecule has 0 bridgehead atoms. The minimum absolute atomic E-state index is 0.00697. The summed E-state index contributed by atoms with van der Waals surface area (Å²) in [6.45, 7) is 1.60. The Balaban J connectivity index is 1.83. The highest BCUT2D eigenvalue weighted by molar-refractivity contribution is 7.91. The van der Waals surface area contributed by atoms with Gasteiger partial charge in [0.2, 0.25) is 21.2 Å². The molecule has 0 saturated carbocycles. The third-order valence-corrected chi connectivity index (χ3v) is 7.33. The molecule has 9 heteroatoms. The van der Waals surface area contributed by atoms with Crippen LogP contribution in [0.2, 0.25) is 0 Å². The van der Waals surface area contributed by atoms with E-state index in [2.05, 4.69) is 5.32 Å². The molecule has 35 heavy (non-hydrogen) atoms. The second-order valence-corrected chi connectivity index (χ2v) is 9.82. The number of aryl methyl sites for hydroxylation is 1. The molecule has 0 aliphatic rings. The summed E-state index contributed by atoms with van der Waals surface area (Å²) in [6, 6.07) is 17.9. The van der Waals surface area contributed by atoms with Crippen LogP contribution in [0.4, 0.5) is 5.69 Å². The van der Waals surface area contributed by atoms with Gasteiger partial charge in [-0.1, -0.05) is 29.8 Å². The second kappa shape index (κ2) is 9.63. The van der Waals surface area contributed by atoms with Crippen LogP contribution in [0.25, 0.3) is 10.9 Å². The van der Waals surface area contributed by atoms with E-state index >= 15 is 0 Å². The normalized spacial score (nSPS) is 11.3. The largest absolute Gasteiger partial charge is 0.497 e. The van der Waals surface area contributed by atoms with Crippen LogP contribution in [0, 0.1) is 6.92 Å². The molecule has 1 aromatic heterocycles. The Bertz CT molecular complexity index is 1570. The van der Waals surface area contributed by atoms with Gasteiger partial charge in [-0.15, -0.1) is 0 Å². The summed E-state index contributed by atoms with van der Waals surface area (Å²) in [5.74, 6) is 0.455. The van der Waals surface area contributed by atoms with Crippen molar-refractivity contribution in [3.8, 4) is 11.5 Å². The Kier molecular flexibility index (Phi) is 6.61. The van der Waals surface area contributed by atoms with Crippen LogP contribution >= 0.6 is 0 Å². The lowest BCUT2D eigenvalue weighted by Crippen LogP contribution is -2.24. The van der Waals surface area contributed by atoms with Crippen molar-refractivity contribution >= 4 is 32.3 Å². The molecule has 0 unspecified atom stereocenters. The van der Waals surface area contributed by atoms with E-state index in [0.717, 1.165) is 5.56 Å². The molecule has 8 nitrogen and oxygen atoms in total. The average Bonchev–Trinajstić information content (AvgIpc) is 2.86. The number of carbonyl (C=O) groups is 1. The van der Waals surface area contributed by atoms with Gasteiger partial charge in [0.25, 0.3) is 0 Å². The fourth-order valence-electron chi connectivity index (χ4n) is 3.74. The fraction of sp³-hybridized carbons (Fsp3) is 0.154. The van der Waals surface area contributed by atoms with Gasteiger partial charge >= 0.3 is 0 Å². The zero-order valence-electron chi connectivity index (χ0n) is 19.4. The lowest BCUT2D eigenvalue weighted by atomic mass is 10.2. The number of pyridine rings is 1. The van der Waals surface area contributed by atoms with Crippen LogP contribution in [-0.2, 0) is 21.2 Å². The highest BCUT2D eigenvalue weighted by Crippen LogP contribution is 2.25. The molecule has 1 N–H and O–H groups in total. The van der Waals surface area contributed by atoms with Crippen molar-refractivity contribution in [2.24, 2.45) is 0 Å². The van der Waals surface area contributed by atoms with Gasteiger partial charge in [-0.2, -0.15) is 0 Å². The maximum absolute atomic E-state index is 13.4. The van der Waals surface area contributed by atoms with E-state index in [1.54, 1.807) is 48.5 Å². The predicted octanol–water partition coefficient (Wildman–Crippen LogP) is 3.80. The van der Waals surface area contributed by atoms with Gasteiger partial charge in [-0.25, -0.2) is 8.42 Å². The first-order chi connectivity index (χ1) is 16.7. The molecule has 1 heterocycles. The van der Waals surface area contributed by atoms with Gasteiger partial charge in [0, 0.05) is 6.20 Å². The van der Waals surface area contributed by atoms with E-state index in [9.17, 15) is 18.0 Å². The molecular formula is C26H24N2O6S. The van der Waals surface area contributed by atoms with Crippen LogP contribution in [0.1, 0.15) is 5.56 Å². The molecule has 0 atom stereocenters. The first-order valence-corrected chi connectivity index (χ1v) is 12.2. The number of rotatable bonds is 7. The number of methoxy groups -OCH3 is 2. The number of ether oxygens (including phenoxy) is 2. The Labute approximate surface area is 202 Å². The van der Waals surface area contributed by atoms with Crippen LogP contribution in [-0.4, -0.2) is 33.1 Å². The average molecular weight is 493 g/mol. The minimum Gasteiger partial charge on any atom is -0.497 e. The van der Waals surface area contributed by atoms with Crippen LogP contribution < -0.4 is 20.2 Å². The molecule has 0 aliphatic carbocycles. The molecule has 3 aromatic carbocycles. The van der Waals surface area contributed by atoms with Gasteiger partial charge in [-0.05, 0) is 49.4 Å². The summed E-state index contributed by atoms with van der Waals surface area (Å²) in [5, 5.41) is 2.90. The van der Waals surface area contributed by atoms with Crippen molar-refractivity contribution in [1.82, 2.24) is 4.57 Å². The number of aromatic nitrogens is 1. The van der Waals surface area contributed by atoms with E-state index in [1.165, 1.54) is 43.2 Å². The molecule has 4 aromatic rings. The van der Waals surface area contributed by atoms with Crippen molar-refractivity contribution in [3.05, 3.63) is 88.7 Å². The standard InChI is InChI=1S/C26H24N2O6S/c1-17-8-11-19(12-9-17)35(31,32)24-15-28(22-13-10-18(33-2)14-20(22)26(24)30)16-25(29)27-21-6-4-5-7-23(21)34-3/h4-15H,16H2,1-3H3,(H,27,29). The number of anilines is 1. The van der Waals surface area contributed by atoms with Crippen LogP contribution in [0.5, 0.6) is 11.5 Å². The highest BCUT2D eigenvalue weighted by atomic mass is 32.2. The molecular weight excluding hydrogens is 468 g/mol. The lowest BCUT2D eigenvalue weighted by Gasteiger charge is -2.15. The summed E-state index contributed by atoms with van der Waals surface area (Å²) in [6.07, 6.45) is 1.22. The number of nitrogens with one attached hydrogen (secondary N) is 1. The Morgan fingerprint density at radius 3 is 2.37 bits per heavy atom. The van der Waals surface area contributed by atoms with Crippen molar-refractivity contribution < 1.29 is 22.7 Å². The van der Waals surface area contributed by atoms with Gasteiger partial charge in [0.05, 0.1) is 35.7 Å². The summed E-state index contributed by atoms with van der Waals surface area (Å²) < 4.78 is 38.8. The van der Waals surface area contributed by atoms with Gasteiger partial charge in [-0.3, -0.25) is 9.59 Å². The molecule has 4 rings (SSSR count). The second-order valence-electron chi connectivity index (χ2n) is 7.90. The summed E-state index contributed by atoms with van der Waals surface area (Å²) >= 11 is 0. The smallest absolute Gasteiger partial charge is 0.244 e. The van der Waals surface area contributed by atoms with E-state index in [0.29, 0.717) is 22.7 Å². The zero-order valence-corrected chi connectivity index (χ0v) is 20.3. The maximum atomic E-state index is 13.4. The Hall–Kier alpha value is -4.11. The zero-order chi connectivity index (χ0) is 25.2. The van der Waals surface area contributed by atoms with Crippen molar-refractivity contribution in [1.29, 1.82) is 0 Å². The SMILES string of the molecule is COc1ccc2c(c1)c(=O)c(S(=O)(=O)c1ccc(C)cc1)cn2CC(=O)Nc1ccccc1OC. The number of benzene rings is 3. The summed E-state index contributed by atoms with van der Waals surface area (Å²) in [7, 11) is -1.20.